The summed E-state index contributed by atoms with van der Waals surface area (Å²) in [5, 5.41) is 5.87. The summed E-state index contributed by atoms with van der Waals surface area (Å²) < 4.78 is 32.5. The van der Waals surface area contributed by atoms with Crippen molar-refractivity contribution in [2.45, 2.75) is 58.4 Å². The van der Waals surface area contributed by atoms with Crippen LogP contribution in [0.15, 0.2) is 0 Å². The lowest BCUT2D eigenvalue weighted by atomic mass is 10.1. The minimum Gasteiger partial charge on any atom is -0.379 e. The minimum atomic E-state index is -0.0941. The number of carbonyl (C=O) groups is 2. The van der Waals surface area contributed by atoms with Crippen molar-refractivity contribution in [2.75, 3.05) is 92.9 Å². The van der Waals surface area contributed by atoms with Crippen LogP contribution in [-0.2, 0) is 38.0 Å². The highest BCUT2D eigenvalue weighted by molar-refractivity contribution is 5.81. The third kappa shape index (κ3) is 25.8. The Balaban J connectivity index is 3.21. The Bertz CT molecular complexity index is 482. The van der Waals surface area contributed by atoms with Crippen molar-refractivity contribution in [3.8, 4) is 0 Å². The summed E-state index contributed by atoms with van der Waals surface area (Å²) in [5.41, 5.74) is 0. The molecule has 0 radical (unpaired) electrons. The van der Waals surface area contributed by atoms with Crippen molar-refractivity contribution in [3.63, 3.8) is 0 Å². The molecular weight excluding hydrogens is 456 g/mol. The van der Waals surface area contributed by atoms with Crippen molar-refractivity contribution in [1.82, 2.24) is 10.6 Å². The van der Waals surface area contributed by atoms with Gasteiger partial charge in [-0.25, -0.2) is 0 Å². The second-order valence-corrected chi connectivity index (χ2v) is 8.08. The molecule has 0 aromatic heterocycles. The van der Waals surface area contributed by atoms with Crippen molar-refractivity contribution in [1.29, 1.82) is 0 Å². The van der Waals surface area contributed by atoms with Gasteiger partial charge in [-0.15, -0.1) is 0 Å². The number of Topliss-reactive ketones (excluding diaryl/α,β-unsaturated/α-hetero) is 1. The van der Waals surface area contributed by atoms with E-state index in [2.05, 4.69) is 17.6 Å². The number of carbonyl (C=O) groups excluding carboxylic acids is 2. The van der Waals surface area contributed by atoms with Gasteiger partial charge in [-0.05, 0) is 39.7 Å². The summed E-state index contributed by atoms with van der Waals surface area (Å²) in [6, 6.07) is -0.0941. The fourth-order valence-electron chi connectivity index (χ4n) is 2.95. The van der Waals surface area contributed by atoms with E-state index in [9.17, 15) is 9.59 Å². The van der Waals surface area contributed by atoms with Crippen LogP contribution < -0.4 is 10.6 Å². The van der Waals surface area contributed by atoms with E-state index in [-0.39, 0.29) is 17.7 Å². The zero-order valence-corrected chi connectivity index (χ0v) is 22.3. The molecule has 1 amide bonds. The van der Waals surface area contributed by atoms with E-state index in [4.69, 9.17) is 28.4 Å². The summed E-state index contributed by atoms with van der Waals surface area (Å²) >= 11 is 0. The topological polar surface area (TPSA) is 114 Å². The molecule has 0 aromatic carbocycles. The van der Waals surface area contributed by atoms with E-state index in [0.29, 0.717) is 85.6 Å². The summed E-state index contributed by atoms with van der Waals surface area (Å²) in [5.74, 6) is 0.119. The van der Waals surface area contributed by atoms with Gasteiger partial charge in [0.25, 0.3) is 0 Å². The molecule has 0 saturated carbocycles. The minimum absolute atomic E-state index is 0.0266. The molecule has 2 N–H and O–H groups in total. The number of likely N-dealkylation sites (N-methyl/N-ethyl adjacent to an activating group) is 1. The lowest BCUT2D eigenvalue weighted by molar-refractivity contribution is -0.122. The molecule has 0 heterocycles. The molecule has 35 heavy (non-hydrogen) atoms. The Hall–Kier alpha value is -1.14. The van der Waals surface area contributed by atoms with E-state index in [1.54, 1.807) is 14.0 Å². The standard InChI is InChI=1S/C25H50N2O8/c1-4-5-11-30-13-15-32-17-19-34-21-22-35-20-18-33-16-14-31-12-9-25(29)27-10-7-6-8-24(26-3)23(2)28/h24,26H,4-22H2,1-3H3,(H,27,29). The summed E-state index contributed by atoms with van der Waals surface area (Å²) in [7, 11) is 1.79. The second kappa shape index (κ2) is 27.4. The summed E-state index contributed by atoms with van der Waals surface area (Å²) in [6.07, 6.45) is 5.09. The van der Waals surface area contributed by atoms with Crippen molar-refractivity contribution < 1.29 is 38.0 Å². The van der Waals surface area contributed by atoms with Crippen molar-refractivity contribution in [3.05, 3.63) is 0 Å². The van der Waals surface area contributed by atoms with Crippen LogP contribution in [-0.4, -0.2) is 111 Å². The molecule has 0 aliphatic rings. The highest BCUT2D eigenvalue weighted by Gasteiger charge is 2.10. The Kier molecular flexibility index (Phi) is 26.6. The first-order chi connectivity index (χ1) is 17.1. The van der Waals surface area contributed by atoms with Gasteiger partial charge in [-0.3, -0.25) is 9.59 Å². The molecule has 0 spiro atoms. The average molecular weight is 507 g/mol. The number of rotatable bonds is 28. The first-order valence-corrected chi connectivity index (χ1v) is 13.0. The smallest absolute Gasteiger partial charge is 0.222 e. The normalized spacial score (nSPS) is 12.1. The Labute approximate surface area is 212 Å². The van der Waals surface area contributed by atoms with Crippen LogP contribution in [0.3, 0.4) is 0 Å². The van der Waals surface area contributed by atoms with E-state index >= 15 is 0 Å². The molecule has 208 valence electrons. The number of nitrogens with one attached hydrogen (secondary N) is 2. The summed E-state index contributed by atoms with van der Waals surface area (Å²) in [4.78, 5) is 23.1. The van der Waals surface area contributed by atoms with E-state index in [1.165, 1.54) is 0 Å². The number of hydrogen-bond acceptors (Lipinski definition) is 9. The van der Waals surface area contributed by atoms with Crippen LogP contribution >= 0.6 is 0 Å². The van der Waals surface area contributed by atoms with Crippen LogP contribution in [0.2, 0.25) is 0 Å². The zero-order valence-electron chi connectivity index (χ0n) is 22.3. The first-order valence-electron chi connectivity index (χ1n) is 13.0. The molecule has 1 atom stereocenters. The molecule has 0 fully saturated rings. The number of ether oxygens (including phenoxy) is 6. The number of unbranched alkanes of at least 4 members (excludes halogenated alkanes) is 2. The fourth-order valence-corrected chi connectivity index (χ4v) is 2.95. The van der Waals surface area contributed by atoms with Gasteiger partial charge >= 0.3 is 0 Å². The highest BCUT2D eigenvalue weighted by atomic mass is 16.6. The maximum absolute atomic E-state index is 11.8. The summed E-state index contributed by atoms with van der Waals surface area (Å²) in [6.45, 7) is 10.8. The fraction of sp³-hybridized carbons (Fsp3) is 0.920. The van der Waals surface area contributed by atoms with Crippen LogP contribution in [0.25, 0.3) is 0 Å². The maximum atomic E-state index is 11.8. The van der Waals surface area contributed by atoms with Gasteiger partial charge in [0.1, 0.15) is 5.78 Å². The lowest BCUT2D eigenvalue weighted by Crippen LogP contribution is -2.32. The van der Waals surface area contributed by atoms with Gasteiger partial charge in [0, 0.05) is 19.6 Å². The molecule has 10 nitrogen and oxygen atoms in total. The van der Waals surface area contributed by atoms with E-state index in [0.717, 1.165) is 38.7 Å². The maximum Gasteiger partial charge on any atom is 0.222 e. The Morgan fingerprint density at radius 1 is 0.657 bits per heavy atom. The van der Waals surface area contributed by atoms with Gasteiger partial charge in [0.05, 0.1) is 78.7 Å². The molecule has 0 bridgehead atoms. The van der Waals surface area contributed by atoms with Gasteiger partial charge in [-0.2, -0.15) is 0 Å². The number of ketones is 1. The molecule has 10 heteroatoms. The zero-order chi connectivity index (χ0) is 25.8. The molecule has 0 rings (SSSR count). The van der Waals surface area contributed by atoms with Gasteiger partial charge in [0.2, 0.25) is 5.91 Å². The van der Waals surface area contributed by atoms with Gasteiger partial charge < -0.3 is 39.1 Å². The molecule has 0 saturated heterocycles. The van der Waals surface area contributed by atoms with Crippen molar-refractivity contribution in [2.24, 2.45) is 0 Å². The van der Waals surface area contributed by atoms with Crippen molar-refractivity contribution >= 4 is 11.7 Å². The SMILES string of the molecule is CCCCOCCOCCOCCOCCOCCOCCC(=O)NCCCCC(NC)C(C)=O. The number of amides is 1. The predicted molar refractivity (Wildman–Crippen MR) is 135 cm³/mol. The first kappa shape index (κ1) is 33.9. The molecule has 0 aliphatic heterocycles. The number of hydrogen-bond donors (Lipinski definition) is 2. The second-order valence-electron chi connectivity index (χ2n) is 8.08. The van der Waals surface area contributed by atoms with Crippen LogP contribution in [0.1, 0.15) is 52.4 Å². The molecular formula is C25H50N2O8. The van der Waals surface area contributed by atoms with Crippen LogP contribution in [0.5, 0.6) is 0 Å². The average Bonchev–Trinajstić information content (AvgIpc) is 2.84. The van der Waals surface area contributed by atoms with Gasteiger partial charge in [0.15, 0.2) is 0 Å². The van der Waals surface area contributed by atoms with E-state index < -0.39 is 0 Å². The molecule has 0 aliphatic carbocycles. The largest absolute Gasteiger partial charge is 0.379 e. The predicted octanol–water partition coefficient (Wildman–Crippen LogP) is 1.74. The Morgan fingerprint density at radius 3 is 1.54 bits per heavy atom. The highest BCUT2D eigenvalue weighted by Crippen LogP contribution is 2.01. The monoisotopic (exact) mass is 506 g/mol. The lowest BCUT2D eigenvalue weighted by Gasteiger charge is -2.12. The molecule has 0 aromatic rings. The Morgan fingerprint density at radius 2 is 1.11 bits per heavy atom. The van der Waals surface area contributed by atoms with Crippen LogP contribution in [0.4, 0.5) is 0 Å². The quantitative estimate of drug-likeness (QED) is 0.153. The third-order valence-electron chi connectivity index (χ3n) is 5.06. The van der Waals surface area contributed by atoms with E-state index in [1.807, 2.05) is 0 Å². The molecule has 1 unspecified atom stereocenters. The van der Waals surface area contributed by atoms with Gasteiger partial charge in [-0.1, -0.05) is 13.3 Å². The van der Waals surface area contributed by atoms with Crippen LogP contribution in [0, 0.1) is 0 Å². The third-order valence-corrected chi connectivity index (χ3v) is 5.06.